The Bertz CT molecular complexity index is 768. The SMILES string of the molecule is CCCCOC1[C@H](OC(C)=O)[C@H](OC(C)=O)OC1(COS(C)(=O)=O)COS(C)(=O)=O. The van der Waals surface area contributed by atoms with Gasteiger partial charge in [-0.15, -0.1) is 0 Å². The van der Waals surface area contributed by atoms with E-state index in [1.54, 1.807) is 0 Å². The highest BCUT2D eigenvalue weighted by Gasteiger charge is 2.60. The van der Waals surface area contributed by atoms with Crippen LogP contribution in [0.25, 0.3) is 0 Å². The lowest BCUT2D eigenvalue weighted by molar-refractivity contribution is -0.211. The summed E-state index contributed by atoms with van der Waals surface area (Å²) in [7, 11) is -7.98. The van der Waals surface area contributed by atoms with Gasteiger partial charge in [0.1, 0.15) is 19.3 Å². The Balaban J connectivity index is 3.40. The van der Waals surface area contributed by atoms with Crippen LogP contribution in [0, 0.1) is 0 Å². The van der Waals surface area contributed by atoms with E-state index in [1.807, 2.05) is 6.92 Å². The zero-order valence-electron chi connectivity index (χ0n) is 17.5. The van der Waals surface area contributed by atoms with Gasteiger partial charge in [0.15, 0.2) is 11.7 Å². The third kappa shape index (κ3) is 8.81. The van der Waals surface area contributed by atoms with Crippen molar-refractivity contribution in [2.75, 3.05) is 32.3 Å². The maximum absolute atomic E-state index is 11.6. The van der Waals surface area contributed by atoms with Gasteiger partial charge < -0.3 is 18.9 Å². The van der Waals surface area contributed by atoms with Crippen LogP contribution in [0.2, 0.25) is 0 Å². The molecule has 12 nitrogen and oxygen atoms in total. The summed E-state index contributed by atoms with van der Waals surface area (Å²) in [5, 5.41) is 0. The Morgan fingerprint density at radius 3 is 1.83 bits per heavy atom. The van der Waals surface area contributed by atoms with Crippen LogP contribution in [0.3, 0.4) is 0 Å². The van der Waals surface area contributed by atoms with Gasteiger partial charge in [-0.2, -0.15) is 16.8 Å². The van der Waals surface area contributed by atoms with Crippen molar-refractivity contribution in [3.05, 3.63) is 0 Å². The van der Waals surface area contributed by atoms with Gasteiger partial charge in [-0.1, -0.05) is 13.3 Å². The highest BCUT2D eigenvalue weighted by atomic mass is 32.2. The van der Waals surface area contributed by atoms with Crippen molar-refractivity contribution in [2.24, 2.45) is 0 Å². The Morgan fingerprint density at radius 1 is 0.933 bits per heavy atom. The highest BCUT2D eigenvalue weighted by Crippen LogP contribution is 2.38. The molecule has 1 unspecified atom stereocenters. The van der Waals surface area contributed by atoms with E-state index in [0.29, 0.717) is 6.42 Å². The fourth-order valence-electron chi connectivity index (χ4n) is 2.66. The van der Waals surface area contributed by atoms with Crippen LogP contribution < -0.4 is 0 Å². The van der Waals surface area contributed by atoms with Crippen molar-refractivity contribution in [3.8, 4) is 0 Å². The Hall–Kier alpha value is -1.32. The first-order valence-electron chi connectivity index (χ1n) is 9.02. The first-order valence-corrected chi connectivity index (χ1v) is 12.6. The van der Waals surface area contributed by atoms with Crippen LogP contribution in [0.4, 0.5) is 0 Å². The van der Waals surface area contributed by atoms with Gasteiger partial charge in [0, 0.05) is 20.5 Å². The van der Waals surface area contributed by atoms with Crippen LogP contribution in [-0.2, 0) is 57.1 Å². The van der Waals surface area contributed by atoms with E-state index in [2.05, 4.69) is 0 Å². The lowest BCUT2D eigenvalue weighted by Crippen LogP contribution is -2.53. The van der Waals surface area contributed by atoms with Crippen LogP contribution in [0.5, 0.6) is 0 Å². The van der Waals surface area contributed by atoms with Gasteiger partial charge in [-0.05, 0) is 6.42 Å². The number of carbonyl (C=O) groups excluding carboxylic acids is 2. The average molecular weight is 477 g/mol. The van der Waals surface area contributed by atoms with Crippen LogP contribution in [-0.4, -0.2) is 85.2 Å². The lowest BCUT2D eigenvalue weighted by Gasteiger charge is -2.33. The molecule has 0 amide bonds. The molecule has 0 aromatic carbocycles. The predicted molar refractivity (Wildman–Crippen MR) is 101 cm³/mol. The Labute approximate surface area is 176 Å². The monoisotopic (exact) mass is 476 g/mol. The summed E-state index contributed by atoms with van der Waals surface area (Å²) >= 11 is 0. The molecule has 0 aromatic rings. The zero-order valence-corrected chi connectivity index (χ0v) is 19.1. The number of hydrogen-bond donors (Lipinski definition) is 0. The Morgan fingerprint density at radius 2 is 1.43 bits per heavy atom. The number of hydrogen-bond acceptors (Lipinski definition) is 12. The van der Waals surface area contributed by atoms with E-state index in [0.717, 1.165) is 32.8 Å². The molecular formula is C16H28O12S2. The zero-order chi connectivity index (χ0) is 23.2. The van der Waals surface area contributed by atoms with Gasteiger partial charge in [-0.25, -0.2) is 0 Å². The van der Waals surface area contributed by atoms with E-state index in [4.69, 9.17) is 27.3 Å². The van der Waals surface area contributed by atoms with Gasteiger partial charge >= 0.3 is 11.9 Å². The molecular weight excluding hydrogens is 448 g/mol. The summed E-state index contributed by atoms with van der Waals surface area (Å²) in [4.78, 5) is 23.1. The molecule has 0 saturated carbocycles. The van der Waals surface area contributed by atoms with Gasteiger partial charge in [-0.3, -0.25) is 18.0 Å². The summed E-state index contributed by atoms with van der Waals surface area (Å²) in [6.45, 7) is 2.73. The minimum atomic E-state index is -3.99. The van der Waals surface area contributed by atoms with Gasteiger partial charge in [0.25, 0.3) is 20.2 Å². The summed E-state index contributed by atoms with van der Waals surface area (Å²) in [5.41, 5.74) is -1.89. The quantitative estimate of drug-likeness (QED) is 0.206. The molecule has 1 aliphatic rings. The van der Waals surface area contributed by atoms with E-state index >= 15 is 0 Å². The molecule has 0 bridgehead atoms. The van der Waals surface area contributed by atoms with Gasteiger partial charge in [0.05, 0.1) is 12.5 Å². The second-order valence-corrected chi connectivity index (χ2v) is 10.1. The molecule has 0 radical (unpaired) electrons. The molecule has 0 spiro atoms. The van der Waals surface area contributed by atoms with E-state index in [-0.39, 0.29) is 6.61 Å². The molecule has 1 fully saturated rings. The summed E-state index contributed by atoms with van der Waals surface area (Å²) in [5.74, 6) is -1.54. The maximum atomic E-state index is 11.6. The minimum absolute atomic E-state index is 0.134. The summed E-state index contributed by atoms with van der Waals surface area (Å²) in [6, 6.07) is 0. The standard InChI is InChI=1S/C16H28O12S2/c1-6-7-8-23-14-13(26-11(2)17)15(27-12(3)18)28-16(14,9-24-29(4,19)20)10-25-30(5,21)22/h13-15H,6-10H2,1-5H3/t13-,14?,15+/m0/s1. The normalized spacial score (nSPS) is 23.8. The number of unbranched alkanes of at least 4 members (excludes halogenated alkanes) is 1. The van der Waals surface area contributed by atoms with Crippen molar-refractivity contribution in [1.29, 1.82) is 0 Å². The molecule has 176 valence electrons. The second-order valence-electron chi connectivity index (χ2n) is 6.81. The minimum Gasteiger partial charge on any atom is -0.453 e. The number of rotatable bonds is 12. The molecule has 30 heavy (non-hydrogen) atoms. The second kappa shape index (κ2) is 10.8. The van der Waals surface area contributed by atoms with Crippen LogP contribution in [0.15, 0.2) is 0 Å². The topological polar surface area (TPSA) is 158 Å². The molecule has 14 heteroatoms. The van der Waals surface area contributed by atoms with Crippen molar-refractivity contribution in [1.82, 2.24) is 0 Å². The Kier molecular flexibility index (Phi) is 9.63. The summed E-state index contributed by atoms with van der Waals surface area (Å²) in [6.07, 6.45) is -1.21. The van der Waals surface area contributed by atoms with Gasteiger partial charge in [0.2, 0.25) is 6.29 Å². The first kappa shape index (κ1) is 26.7. The molecule has 0 aromatic heterocycles. The lowest BCUT2D eigenvalue weighted by atomic mass is 9.96. The van der Waals surface area contributed by atoms with Crippen molar-refractivity contribution in [3.63, 3.8) is 0 Å². The third-order valence-electron chi connectivity index (χ3n) is 3.85. The van der Waals surface area contributed by atoms with Crippen molar-refractivity contribution < 1.29 is 53.7 Å². The largest absolute Gasteiger partial charge is 0.453 e. The molecule has 1 aliphatic heterocycles. The van der Waals surface area contributed by atoms with Crippen LogP contribution >= 0.6 is 0 Å². The van der Waals surface area contributed by atoms with Crippen molar-refractivity contribution >= 4 is 32.2 Å². The number of carbonyl (C=O) groups is 2. The summed E-state index contributed by atoms with van der Waals surface area (Å²) < 4.78 is 77.7. The van der Waals surface area contributed by atoms with Crippen molar-refractivity contribution in [2.45, 2.75) is 57.7 Å². The van der Waals surface area contributed by atoms with E-state index < -0.39 is 69.5 Å². The third-order valence-corrected chi connectivity index (χ3v) is 4.94. The highest BCUT2D eigenvalue weighted by molar-refractivity contribution is 7.86. The first-order chi connectivity index (χ1) is 13.7. The number of esters is 2. The smallest absolute Gasteiger partial charge is 0.305 e. The van der Waals surface area contributed by atoms with E-state index in [9.17, 15) is 26.4 Å². The average Bonchev–Trinajstić information content (AvgIpc) is 2.83. The maximum Gasteiger partial charge on any atom is 0.305 e. The molecule has 1 heterocycles. The predicted octanol–water partition coefficient (Wildman–Crippen LogP) is -0.286. The van der Waals surface area contributed by atoms with Crippen LogP contribution in [0.1, 0.15) is 33.6 Å². The molecule has 0 aliphatic carbocycles. The molecule has 1 saturated heterocycles. The molecule has 0 N–H and O–H groups in total. The number of ether oxygens (including phenoxy) is 4. The fraction of sp³-hybridized carbons (Fsp3) is 0.875. The molecule has 3 atom stereocenters. The van der Waals surface area contributed by atoms with E-state index in [1.165, 1.54) is 0 Å². The fourth-order valence-corrected chi connectivity index (χ4v) is 3.49. The molecule has 1 rings (SSSR count).